The summed E-state index contributed by atoms with van der Waals surface area (Å²) < 4.78 is 185. The molecule has 0 radical (unpaired) electrons. The molecule has 0 aromatic carbocycles. The highest BCUT2D eigenvalue weighted by Gasteiger charge is 2.52. The third-order valence-corrected chi connectivity index (χ3v) is 27.9. The Morgan fingerprint density at radius 3 is 0.917 bits per heavy atom. The van der Waals surface area contributed by atoms with Crippen LogP contribution in [0.1, 0.15) is 140 Å². The largest absolute Gasteiger partial charge is 0.472 e. The van der Waals surface area contributed by atoms with Gasteiger partial charge in [-0.3, -0.25) is 140 Å². The van der Waals surface area contributed by atoms with Gasteiger partial charge in [-0.25, -0.2) is 61.2 Å². The Balaban J connectivity index is 0.739. The predicted octanol–water partition coefficient (Wildman–Crippen LogP) is -3.44. The van der Waals surface area contributed by atoms with E-state index in [9.17, 15) is 129 Å². The molecule has 0 saturated carbocycles. The maximum atomic E-state index is 14.5. The molecule has 0 aliphatic carbocycles. The van der Waals surface area contributed by atoms with E-state index < -0.39 is 315 Å². The zero-order valence-corrected chi connectivity index (χ0v) is 76.3. The van der Waals surface area contributed by atoms with Gasteiger partial charge in [0.25, 0.3) is 33.4 Å². The Hall–Kier alpha value is -8.44. The van der Waals surface area contributed by atoms with Gasteiger partial charge in [-0.15, -0.1) is 0 Å². The number of hydrogen-bond donors (Lipinski definition) is 15. The Kier molecular flexibility index (Phi) is 32.6. The lowest BCUT2D eigenvalue weighted by molar-refractivity contribution is -0.119. The number of H-pyrrole nitrogens is 5. The fourth-order valence-electron chi connectivity index (χ4n) is 14.8. The molecule has 59 nitrogen and oxygen atoms in total. The van der Waals surface area contributed by atoms with Crippen LogP contribution in [0.3, 0.4) is 0 Å². The highest BCUT2D eigenvalue weighted by Crippen LogP contribution is 2.57. The lowest BCUT2D eigenvalue weighted by Crippen LogP contribution is -2.44. The number of aromatic nitrogens is 12. The van der Waals surface area contributed by atoms with E-state index in [0.29, 0.717) is 4.57 Å². The van der Waals surface area contributed by atoms with Gasteiger partial charge in [0, 0.05) is 123 Å². The zero-order valence-electron chi connectivity index (χ0n) is 71.0. The summed E-state index contributed by atoms with van der Waals surface area (Å²) in [4.78, 5) is 257. The number of nitrogens with one attached hydrogen (secondary N) is 6. The van der Waals surface area contributed by atoms with Gasteiger partial charge in [0.05, 0.1) is 51.8 Å². The first-order valence-corrected chi connectivity index (χ1v) is 49.3. The first-order valence-electron chi connectivity index (χ1n) is 40.2. The zero-order chi connectivity index (χ0) is 97.4. The fourth-order valence-corrected chi connectivity index (χ4v) is 20.5. The van der Waals surface area contributed by atoms with E-state index in [1.807, 2.05) is 19.9 Å². The Morgan fingerprint density at radius 2 is 0.647 bits per heavy atom. The molecule has 65 heteroatoms. The van der Waals surface area contributed by atoms with Gasteiger partial charge in [-0.05, 0) is 54.4 Å². The van der Waals surface area contributed by atoms with Crippen LogP contribution in [-0.2, 0) is 110 Å². The van der Waals surface area contributed by atoms with Crippen molar-refractivity contribution >= 4 is 58.7 Å². The quantitative estimate of drug-likeness (QED) is 0.0131. The van der Waals surface area contributed by atoms with Gasteiger partial charge < -0.3 is 74.4 Å². The molecule has 0 bridgehead atoms. The van der Waals surface area contributed by atoms with Crippen LogP contribution >= 0.6 is 46.9 Å². The number of nitrogens with zero attached hydrogens (tertiary/aromatic N) is 7. The fraction of sp³-hybridized carbons (Fsp3) is 0.618. The number of carbonyl (C=O) groups excluding carboxylic acids is 2. The van der Waals surface area contributed by atoms with Gasteiger partial charge in [0.2, 0.25) is 11.8 Å². The molecule has 6 aromatic rings. The van der Waals surface area contributed by atoms with Crippen LogP contribution in [0.4, 0.5) is 0 Å². The van der Waals surface area contributed by atoms with Crippen molar-refractivity contribution in [3.8, 4) is 0 Å². The number of unbranched alkanes of at least 4 members (excludes halogenated alkanes) is 1. The SMILES string of the molecule is CC(=O)n1c(=O)c(C)cn([C@H]2C[C@H](O)[C@@H](COP(=O)(O)O[C@H]3C[C@H](n4cc(C)c(=O)[nH]c4=O)O[C@@H]3COP(=O)(O)O[C@H]3C[C@H](n4cc(C)c(=O)[nH]c4=O)O[C@@H]3COP(=O)(O)O[C@H]3C[C@H](n4cc(C)c(=O)[nH]c4=O)O[C@@H]3COP(=O)(O)O[C@H]3C[C@H](n4cc(C)c(=O)[nH]c4=O)O[C@@H]3COP(=O)(O)O[C@H]3C[C@H](n4cc(C)c(=O)[nH]c4=O)O[C@@H]3COP(=O)(O)NCCCC[C@H](N)C(N)=O)O2)c1=O. The van der Waals surface area contributed by atoms with Gasteiger partial charge in [0.1, 0.15) is 105 Å². The van der Waals surface area contributed by atoms with Crippen LogP contribution in [0.5, 0.6) is 0 Å². The minimum atomic E-state index is -5.77. The molecular weight excluding hydrogens is 1920 g/mol. The van der Waals surface area contributed by atoms with Crippen molar-refractivity contribution in [2.24, 2.45) is 11.5 Å². The average Bonchev–Trinajstić information content (AvgIpc) is 1.74. The van der Waals surface area contributed by atoms with E-state index in [-0.39, 0.29) is 65.6 Å². The number of aromatic amines is 5. The van der Waals surface area contributed by atoms with Crippen molar-refractivity contribution in [2.45, 2.75) is 223 Å². The number of phosphoric ester groups is 5. The molecule has 133 heavy (non-hydrogen) atoms. The number of nitrogens with two attached hydrogens (primary N) is 2. The smallest absolute Gasteiger partial charge is 0.390 e. The first kappa shape index (κ1) is 103. The second-order valence-corrected chi connectivity index (χ2v) is 40.2. The molecule has 12 rings (SSSR count). The molecule has 6 saturated heterocycles. The third kappa shape index (κ3) is 25.9. The number of hydrogen-bond acceptors (Lipinski definition) is 39. The Labute approximate surface area is 743 Å². The van der Waals surface area contributed by atoms with E-state index in [0.717, 1.165) is 71.5 Å². The van der Waals surface area contributed by atoms with E-state index in [1.54, 1.807) is 0 Å². The first-order chi connectivity index (χ1) is 62.1. The van der Waals surface area contributed by atoms with E-state index in [4.69, 9.17) is 89.6 Å². The molecule has 12 heterocycles. The minimum Gasteiger partial charge on any atom is -0.390 e. The molecule has 0 spiro atoms. The molecule has 1 amide bonds. The van der Waals surface area contributed by atoms with Crippen LogP contribution < -0.4 is 84.0 Å². The molecule has 6 aliphatic heterocycles. The van der Waals surface area contributed by atoms with Crippen molar-refractivity contribution < 1.29 is 150 Å². The molecule has 6 fully saturated rings. The van der Waals surface area contributed by atoms with Gasteiger partial charge in [-0.1, -0.05) is 6.42 Å². The second kappa shape index (κ2) is 41.9. The number of aryl methyl sites for hydroxylation is 6. The van der Waals surface area contributed by atoms with E-state index in [1.165, 1.54) is 41.5 Å². The van der Waals surface area contributed by atoms with Crippen LogP contribution in [-0.4, -0.2) is 229 Å². The highest BCUT2D eigenvalue weighted by atomic mass is 31.2. The second-order valence-electron chi connectivity index (χ2n) is 31.6. The molecule has 6 unspecified atom stereocenters. The number of amides is 1. The van der Waals surface area contributed by atoms with E-state index in [2.05, 4.69) is 10.1 Å². The number of aliphatic hydroxyl groups is 1. The summed E-state index contributed by atoms with van der Waals surface area (Å²) in [6.45, 7) is 1.78. The molecule has 6 aliphatic rings. The van der Waals surface area contributed by atoms with Crippen molar-refractivity contribution in [3.63, 3.8) is 0 Å². The summed E-state index contributed by atoms with van der Waals surface area (Å²) in [5.41, 5.74) is -1.37. The van der Waals surface area contributed by atoms with Crippen molar-refractivity contribution in [2.75, 3.05) is 46.2 Å². The summed E-state index contributed by atoms with van der Waals surface area (Å²) in [5.74, 6) is -1.72. The molecule has 17 N–H and O–H groups in total. The van der Waals surface area contributed by atoms with Crippen LogP contribution in [0.25, 0.3) is 0 Å². The number of carbonyl (C=O) groups is 2. The topological polar surface area (TPSA) is 817 Å². The molecule has 6 aromatic heterocycles. The van der Waals surface area contributed by atoms with Crippen molar-refractivity contribution in [3.05, 3.63) is 196 Å². The predicted molar refractivity (Wildman–Crippen MR) is 442 cm³/mol. The number of aliphatic hydroxyl groups excluding tert-OH is 1. The molecule has 736 valence electrons. The summed E-state index contributed by atoms with van der Waals surface area (Å²) in [7, 11) is -33.0. The standard InChI is InChI=1S/C68H95N15O44P6/c1-30-18-77(63(93)72-57(30)87)51-13-39(45(118-51)25-111-128(99,100)71-11-9-8-10-37(69)56(70)86)123-130(103,104)113-27-47-41(15-53(120-47)79-20-32(3)59(89)74-65(79)95)125-132(107,108)115-29-49-43(17-55(122-49)81-22-34(5)61(91)76-67(81)97)127-133(109,110)116-28-48-42(16-54(121-48)80-21-33(4)60(90)75-66(80)96)126-131(105,106)114-26-46-40(14-52(119-46)78-19-31(2)58(88)73-64(78)94)124-129(101,102)112-24-44-38(85)12-50(117-44)82-23-35(6)62(92)83(36(7)84)68(82)98/h18-23,37-55,85H,8-17,24-29,69H2,1-7H3,(H2,70,86)(H,101,102)(H,103,104)(H,105,106)(H,107,108)(H,109,110)(H2,71,99,100)(H,72,87,93)(H,73,88,94)(H,74,89,95)(H,75,90,96)(H,76,91,97)/t37-,38-,39-,40-,41-,42-,43-,44+,45+,46+,47+,48+,49+,50+,51+,52+,53+,54+,55+/m0/s1. The van der Waals surface area contributed by atoms with Gasteiger partial charge >= 0.3 is 81.0 Å². The van der Waals surface area contributed by atoms with Crippen LogP contribution in [0.15, 0.2) is 94.7 Å². The lowest BCUT2D eigenvalue weighted by atomic mass is 10.1. The van der Waals surface area contributed by atoms with Crippen LogP contribution in [0.2, 0.25) is 0 Å². The summed E-state index contributed by atoms with van der Waals surface area (Å²) in [5, 5.41) is 13.2. The van der Waals surface area contributed by atoms with Crippen molar-refractivity contribution in [1.82, 2.24) is 62.0 Å². The van der Waals surface area contributed by atoms with Crippen molar-refractivity contribution in [1.29, 1.82) is 0 Å². The van der Waals surface area contributed by atoms with E-state index >= 15 is 0 Å². The summed E-state index contributed by atoms with van der Waals surface area (Å²) in [6, 6.07) is -0.990. The maximum Gasteiger partial charge on any atom is 0.472 e. The molecule has 25 atom stereocenters. The molecular formula is C68H95N15O44P6. The number of rotatable bonds is 41. The average molecular weight is 2010 g/mol. The number of phosphoric acid groups is 5. The Bertz CT molecular complexity index is 6480. The monoisotopic (exact) mass is 2010 g/mol. The Morgan fingerprint density at radius 1 is 0.398 bits per heavy atom. The summed E-state index contributed by atoms with van der Waals surface area (Å²) in [6.07, 6.45) is -27.5. The highest BCUT2D eigenvalue weighted by molar-refractivity contribution is 7.50. The number of ether oxygens (including phenoxy) is 6. The summed E-state index contributed by atoms with van der Waals surface area (Å²) >= 11 is 0. The third-order valence-electron chi connectivity index (χ3n) is 21.7. The van der Waals surface area contributed by atoms with Gasteiger partial charge in [0.15, 0.2) is 0 Å². The number of primary amides is 1. The minimum absolute atomic E-state index is 0.00825. The maximum absolute atomic E-state index is 14.5. The van der Waals surface area contributed by atoms with Crippen LogP contribution in [0, 0.1) is 41.5 Å². The lowest BCUT2D eigenvalue weighted by Gasteiger charge is -2.26. The normalized spacial score (nSPS) is 28.5. The van der Waals surface area contributed by atoms with Gasteiger partial charge in [-0.2, -0.15) is 4.57 Å².